The molecule has 8 nitrogen and oxygen atoms in total. The number of anilines is 1. The Bertz CT molecular complexity index is 1300. The van der Waals surface area contributed by atoms with Crippen LogP contribution in [0, 0.1) is 11.8 Å². The topological polar surface area (TPSA) is 91.7 Å². The van der Waals surface area contributed by atoms with Crippen LogP contribution in [-0.2, 0) is 9.47 Å². The maximum absolute atomic E-state index is 13.1. The van der Waals surface area contributed by atoms with Crippen molar-refractivity contribution in [2.75, 3.05) is 12.4 Å². The number of aromatic nitrogens is 2. The van der Waals surface area contributed by atoms with Crippen molar-refractivity contribution in [3.63, 3.8) is 0 Å². The number of para-hydroxylation sites is 1. The van der Waals surface area contributed by atoms with E-state index in [1.165, 1.54) is 10.8 Å². The van der Waals surface area contributed by atoms with Gasteiger partial charge in [-0.1, -0.05) is 36.1 Å². The van der Waals surface area contributed by atoms with Gasteiger partial charge in [-0.15, -0.1) is 0 Å². The van der Waals surface area contributed by atoms with Crippen molar-refractivity contribution in [2.24, 2.45) is 0 Å². The molecule has 36 heavy (non-hydrogen) atoms. The van der Waals surface area contributed by atoms with Gasteiger partial charge in [0, 0.05) is 11.1 Å². The fourth-order valence-electron chi connectivity index (χ4n) is 3.14. The van der Waals surface area contributed by atoms with Crippen molar-refractivity contribution in [3.8, 4) is 28.8 Å². The Balaban J connectivity index is 1.93. The molecule has 1 amide bonds. The van der Waals surface area contributed by atoms with Crippen molar-refractivity contribution in [1.29, 1.82) is 0 Å². The van der Waals surface area contributed by atoms with Crippen LogP contribution in [0.2, 0.25) is 0 Å². The third-order valence-electron chi connectivity index (χ3n) is 4.58. The molecule has 0 unspecified atom stereocenters. The lowest BCUT2D eigenvalue weighted by atomic mass is 10.1. The molecule has 8 heteroatoms. The van der Waals surface area contributed by atoms with E-state index < -0.39 is 23.4 Å². The number of carbonyl (C=O) groups is 2. The van der Waals surface area contributed by atoms with Gasteiger partial charge in [0.1, 0.15) is 17.0 Å². The fraction of sp³-hybridized carbons (Fsp3) is 0.321. The number of methoxy groups -OCH3 is 1. The lowest BCUT2D eigenvalue weighted by molar-refractivity contribution is 0.0542. The van der Waals surface area contributed by atoms with Crippen LogP contribution in [0.15, 0.2) is 54.7 Å². The predicted octanol–water partition coefficient (Wildman–Crippen LogP) is 6.09. The number of nitrogens with zero attached hydrogens (tertiary/aromatic N) is 2. The highest BCUT2D eigenvalue weighted by Gasteiger charge is 2.26. The number of hydrogen-bond donors (Lipinski definition) is 1. The van der Waals surface area contributed by atoms with E-state index in [9.17, 15) is 9.59 Å². The number of carbonyl (C=O) groups excluding carboxylic acids is 2. The molecular weight excluding hydrogens is 458 g/mol. The minimum absolute atomic E-state index is 0.00598. The van der Waals surface area contributed by atoms with E-state index in [4.69, 9.17) is 14.2 Å². The number of ether oxygens (including phenoxy) is 3. The van der Waals surface area contributed by atoms with Crippen molar-refractivity contribution in [3.05, 3.63) is 65.9 Å². The normalized spacial score (nSPS) is 11.2. The van der Waals surface area contributed by atoms with Crippen LogP contribution in [0.3, 0.4) is 0 Å². The molecule has 3 aromatic rings. The van der Waals surface area contributed by atoms with Crippen molar-refractivity contribution >= 4 is 18.1 Å². The standard InChI is InChI=1S/C28H31N3O5/c1-27(2,3)35-25(32)30-24-29-18-22(31(24)26(33)36-28(4,5)6)20-15-12-19(13-16-20)14-17-21-10-8-9-11-23(21)34-7/h8-13,15-16,18H,1-7H3,(H,29,30,32). The van der Waals surface area contributed by atoms with Gasteiger partial charge in [0.25, 0.3) is 0 Å². The van der Waals surface area contributed by atoms with Crippen LogP contribution >= 0.6 is 0 Å². The van der Waals surface area contributed by atoms with Gasteiger partial charge in [0.15, 0.2) is 0 Å². The highest BCUT2D eigenvalue weighted by Crippen LogP contribution is 2.26. The highest BCUT2D eigenvalue weighted by molar-refractivity contribution is 5.89. The summed E-state index contributed by atoms with van der Waals surface area (Å²) in [5.74, 6) is 6.93. The van der Waals surface area contributed by atoms with E-state index in [1.807, 2.05) is 48.5 Å². The molecule has 0 radical (unpaired) electrons. The van der Waals surface area contributed by atoms with E-state index in [2.05, 4.69) is 22.1 Å². The minimum Gasteiger partial charge on any atom is -0.495 e. The van der Waals surface area contributed by atoms with Gasteiger partial charge in [-0.05, 0) is 65.8 Å². The Labute approximate surface area is 211 Å². The minimum atomic E-state index is -0.750. The van der Waals surface area contributed by atoms with Crippen LogP contribution in [0.25, 0.3) is 11.3 Å². The third kappa shape index (κ3) is 7.12. The molecule has 0 aliphatic rings. The van der Waals surface area contributed by atoms with Crippen LogP contribution in [0.5, 0.6) is 5.75 Å². The molecule has 188 valence electrons. The molecule has 0 aliphatic carbocycles. The summed E-state index contributed by atoms with van der Waals surface area (Å²) >= 11 is 0. The Morgan fingerprint density at radius 2 is 1.53 bits per heavy atom. The largest absolute Gasteiger partial charge is 0.495 e. The maximum Gasteiger partial charge on any atom is 0.421 e. The van der Waals surface area contributed by atoms with E-state index in [0.29, 0.717) is 17.0 Å². The molecule has 1 aromatic heterocycles. The Morgan fingerprint density at radius 3 is 2.14 bits per heavy atom. The molecular formula is C28H31N3O5. The predicted molar refractivity (Wildman–Crippen MR) is 138 cm³/mol. The summed E-state index contributed by atoms with van der Waals surface area (Å²) in [4.78, 5) is 29.7. The summed E-state index contributed by atoms with van der Waals surface area (Å²) in [5, 5.41) is 2.54. The average molecular weight is 490 g/mol. The number of amides is 1. The summed E-state index contributed by atoms with van der Waals surface area (Å²) in [6, 6.07) is 14.8. The fourth-order valence-corrected chi connectivity index (χ4v) is 3.14. The van der Waals surface area contributed by atoms with E-state index in [1.54, 1.807) is 48.7 Å². The summed E-state index contributed by atoms with van der Waals surface area (Å²) in [5.41, 5.74) is 1.23. The highest BCUT2D eigenvalue weighted by atomic mass is 16.6. The first kappa shape index (κ1) is 26.4. The average Bonchev–Trinajstić information content (AvgIpc) is 3.19. The lowest BCUT2D eigenvalue weighted by Crippen LogP contribution is -2.31. The second-order valence-corrected chi connectivity index (χ2v) is 9.94. The van der Waals surface area contributed by atoms with E-state index in [0.717, 1.165) is 11.1 Å². The van der Waals surface area contributed by atoms with Gasteiger partial charge in [-0.2, -0.15) is 0 Å². The van der Waals surface area contributed by atoms with Gasteiger partial charge in [-0.25, -0.2) is 19.1 Å². The summed E-state index contributed by atoms with van der Waals surface area (Å²) in [7, 11) is 1.61. The molecule has 0 fully saturated rings. The van der Waals surface area contributed by atoms with Crippen molar-refractivity contribution in [2.45, 2.75) is 52.7 Å². The smallest absolute Gasteiger partial charge is 0.421 e. The van der Waals surface area contributed by atoms with E-state index >= 15 is 0 Å². The van der Waals surface area contributed by atoms with Gasteiger partial charge >= 0.3 is 12.2 Å². The van der Waals surface area contributed by atoms with E-state index in [-0.39, 0.29) is 5.95 Å². The number of imidazole rings is 1. The summed E-state index contributed by atoms with van der Waals surface area (Å²) in [6.07, 6.45) is 0.0825. The van der Waals surface area contributed by atoms with Crippen LogP contribution in [-0.4, -0.2) is 40.0 Å². The molecule has 2 aromatic carbocycles. The number of nitrogens with one attached hydrogen (secondary N) is 1. The summed E-state index contributed by atoms with van der Waals surface area (Å²) in [6.45, 7) is 10.5. The molecule has 0 saturated heterocycles. The van der Waals surface area contributed by atoms with Crippen LogP contribution < -0.4 is 10.1 Å². The van der Waals surface area contributed by atoms with Crippen LogP contribution in [0.4, 0.5) is 15.5 Å². The van der Waals surface area contributed by atoms with Gasteiger partial charge in [0.05, 0.1) is 24.6 Å². The first-order valence-electron chi connectivity index (χ1n) is 11.4. The molecule has 0 bridgehead atoms. The molecule has 3 rings (SSSR count). The molecule has 0 saturated carbocycles. The van der Waals surface area contributed by atoms with Crippen molar-refractivity contribution in [1.82, 2.24) is 9.55 Å². The van der Waals surface area contributed by atoms with Crippen molar-refractivity contribution < 1.29 is 23.8 Å². The third-order valence-corrected chi connectivity index (χ3v) is 4.58. The number of rotatable bonds is 3. The molecule has 1 N–H and O–H groups in total. The molecule has 0 spiro atoms. The molecule has 1 heterocycles. The number of hydrogen-bond acceptors (Lipinski definition) is 6. The zero-order valence-electron chi connectivity index (χ0n) is 21.6. The number of benzene rings is 2. The van der Waals surface area contributed by atoms with Gasteiger partial charge in [0.2, 0.25) is 5.95 Å². The zero-order valence-corrected chi connectivity index (χ0v) is 21.6. The first-order valence-corrected chi connectivity index (χ1v) is 11.4. The Morgan fingerprint density at radius 1 is 0.889 bits per heavy atom. The molecule has 0 aliphatic heterocycles. The maximum atomic E-state index is 13.1. The first-order chi connectivity index (χ1) is 16.9. The SMILES string of the molecule is COc1ccccc1C#Cc1ccc(-c2cnc(NC(=O)OC(C)(C)C)n2C(=O)OC(C)(C)C)cc1. The second kappa shape index (κ2) is 10.6. The Kier molecular flexibility index (Phi) is 7.74. The molecule has 0 atom stereocenters. The Hall–Kier alpha value is -4.25. The monoisotopic (exact) mass is 489 g/mol. The zero-order chi connectivity index (χ0) is 26.5. The van der Waals surface area contributed by atoms with Gasteiger partial charge in [-0.3, -0.25) is 5.32 Å². The summed E-state index contributed by atoms with van der Waals surface area (Å²) < 4.78 is 17.4. The lowest BCUT2D eigenvalue weighted by Gasteiger charge is -2.22. The quantitative estimate of drug-likeness (QED) is 0.448. The van der Waals surface area contributed by atoms with Crippen LogP contribution in [0.1, 0.15) is 52.7 Å². The van der Waals surface area contributed by atoms with Gasteiger partial charge < -0.3 is 14.2 Å². The second-order valence-electron chi connectivity index (χ2n) is 9.94.